The van der Waals surface area contributed by atoms with Crippen LogP contribution < -0.4 is 10.6 Å². The van der Waals surface area contributed by atoms with Gasteiger partial charge in [-0.1, -0.05) is 27.7 Å². The Morgan fingerprint density at radius 3 is 2.24 bits per heavy atom. The third-order valence-corrected chi connectivity index (χ3v) is 11.9. The minimum absolute atomic E-state index is 0.00785. The fraction of sp³-hybridized carbons (Fsp3) is 0.514. The highest BCUT2D eigenvalue weighted by atomic mass is 32.1. The molecule has 1 unspecified atom stereocenters. The summed E-state index contributed by atoms with van der Waals surface area (Å²) in [4.78, 5) is 68.9. The van der Waals surface area contributed by atoms with E-state index in [1.54, 1.807) is 33.8 Å². The van der Waals surface area contributed by atoms with Gasteiger partial charge in [-0.15, -0.1) is 22.7 Å². The fourth-order valence-electron chi connectivity index (χ4n) is 7.07. The van der Waals surface area contributed by atoms with Crippen molar-refractivity contribution in [3.05, 3.63) is 45.8 Å². The Labute approximate surface area is 305 Å². The maximum absolute atomic E-state index is 13.5. The number of aliphatic imine (C=N–C) groups is 1. The van der Waals surface area contributed by atoms with Gasteiger partial charge >= 0.3 is 0 Å². The number of imidazole rings is 1. The number of hydrogen-bond donors (Lipinski definition) is 4. The lowest BCUT2D eigenvalue weighted by Gasteiger charge is -2.31. The maximum Gasteiger partial charge on any atom is 0.246 e. The van der Waals surface area contributed by atoms with E-state index in [9.17, 15) is 24.3 Å². The normalized spacial score (nSPS) is 20.0. The van der Waals surface area contributed by atoms with Gasteiger partial charge in [0.05, 0.1) is 23.2 Å². The molecule has 4 atom stereocenters. The van der Waals surface area contributed by atoms with Gasteiger partial charge in [-0.25, -0.2) is 4.98 Å². The second-order valence-corrected chi connectivity index (χ2v) is 16.2. The van der Waals surface area contributed by atoms with E-state index in [0.29, 0.717) is 31.0 Å². The second kappa shape index (κ2) is 15.5. The summed E-state index contributed by atoms with van der Waals surface area (Å²) in [7, 11) is 0. The first kappa shape index (κ1) is 36.5. The fourth-order valence-corrected chi connectivity index (χ4v) is 9.33. The predicted octanol–water partition coefficient (Wildman–Crippen LogP) is 4.22. The average molecular weight is 732 g/mol. The number of amides is 4. The minimum Gasteiger partial charge on any atom is -0.387 e. The predicted molar refractivity (Wildman–Crippen MR) is 199 cm³/mol. The number of aromatic amines is 1. The summed E-state index contributed by atoms with van der Waals surface area (Å²) >= 11 is 3.34. The highest BCUT2D eigenvalue weighted by molar-refractivity contribution is 7.28. The van der Waals surface area contributed by atoms with Gasteiger partial charge in [0.2, 0.25) is 23.6 Å². The number of rotatable bonds is 10. The molecule has 12 nitrogen and oxygen atoms in total. The van der Waals surface area contributed by atoms with E-state index in [1.807, 2.05) is 38.8 Å². The summed E-state index contributed by atoms with van der Waals surface area (Å²) in [5.74, 6) is 6.00. The van der Waals surface area contributed by atoms with Crippen molar-refractivity contribution in [2.45, 2.75) is 90.9 Å². The van der Waals surface area contributed by atoms with Gasteiger partial charge in [-0.2, -0.15) is 0 Å². The number of nitrogens with one attached hydrogen (secondary N) is 3. The molecule has 0 bridgehead atoms. The Morgan fingerprint density at radius 2 is 1.59 bits per heavy atom. The summed E-state index contributed by atoms with van der Waals surface area (Å²) in [5, 5.41) is 14.7. The number of aromatic nitrogens is 2. The third-order valence-electron chi connectivity index (χ3n) is 9.65. The molecule has 6 heterocycles. The van der Waals surface area contributed by atoms with E-state index < -0.39 is 24.6 Å². The van der Waals surface area contributed by atoms with Crippen LogP contribution in [0.3, 0.4) is 0 Å². The molecular weight excluding hydrogens is 687 g/mol. The number of hydrogen-bond acceptors (Lipinski definition) is 9. The maximum atomic E-state index is 13.5. The Bertz CT molecular complexity index is 1910. The van der Waals surface area contributed by atoms with Gasteiger partial charge in [0, 0.05) is 52.6 Å². The summed E-state index contributed by atoms with van der Waals surface area (Å²) in [6, 6.07) is 2.74. The SMILES string of the molecule is CC(=O)N[C@H](C(=O)N1CCCC1C1=NC=C(c2cc3sc(C#Cc4cnc([C@@H]5CCCN5C(=O)[C@@H](NC(=O)CO)C(C)C)[nH]4)cc3s2)C1)C(C)C. The molecule has 0 radical (unpaired) electrons. The Balaban J connectivity index is 1.08. The summed E-state index contributed by atoms with van der Waals surface area (Å²) in [5.41, 5.74) is 2.81. The molecule has 0 saturated carbocycles. The van der Waals surface area contributed by atoms with Gasteiger partial charge < -0.3 is 30.5 Å². The number of aliphatic hydroxyl groups is 1. The molecule has 51 heavy (non-hydrogen) atoms. The number of H-pyrrole nitrogens is 1. The number of likely N-dealkylation sites (tertiary alicyclic amines) is 2. The van der Waals surface area contributed by atoms with E-state index in [0.717, 1.165) is 56.1 Å². The Hall–Kier alpha value is -4.32. The lowest BCUT2D eigenvalue weighted by molar-refractivity contribution is -0.139. The number of fused-ring (bicyclic) bond motifs is 1. The van der Waals surface area contributed by atoms with Crippen molar-refractivity contribution in [2.24, 2.45) is 16.8 Å². The van der Waals surface area contributed by atoms with Crippen molar-refractivity contribution in [3.63, 3.8) is 0 Å². The zero-order chi connectivity index (χ0) is 36.4. The zero-order valence-corrected chi connectivity index (χ0v) is 31.2. The highest BCUT2D eigenvalue weighted by Gasteiger charge is 2.39. The Kier molecular flexibility index (Phi) is 11.1. The van der Waals surface area contributed by atoms with Crippen molar-refractivity contribution in [3.8, 4) is 11.8 Å². The van der Waals surface area contributed by atoms with Gasteiger partial charge in [0.15, 0.2) is 0 Å². The molecule has 3 aliphatic rings. The molecule has 4 N–H and O–H groups in total. The van der Waals surface area contributed by atoms with Gasteiger partial charge in [-0.3, -0.25) is 24.2 Å². The van der Waals surface area contributed by atoms with E-state index in [4.69, 9.17) is 4.99 Å². The Morgan fingerprint density at radius 1 is 0.941 bits per heavy atom. The lowest BCUT2D eigenvalue weighted by Crippen LogP contribution is -2.53. The van der Waals surface area contributed by atoms with E-state index in [2.05, 4.69) is 44.6 Å². The van der Waals surface area contributed by atoms with Crippen LogP contribution in [0.5, 0.6) is 0 Å². The van der Waals surface area contributed by atoms with Crippen molar-refractivity contribution in [1.82, 2.24) is 30.4 Å². The quantitative estimate of drug-likeness (QED) is 0.229. The molecule has 2 fully saturated rings. The van der Waals surface area contributed by atoms with E-state index in [1.165, 1.54) is 6.92 Å². The molecule has 2 saturated heterocycles. The molecule has 0 aromatic carbocycles. The average Bonchev–Trinajstić information content (AvgIpc) is 3.93. The standard InChI is InChI=1S/C37H45N7O5S2/c1-20(2)33(40-22(5)46)36(48)43-12-6-8-27(43)26-14-23(17-38-26)29-16-31-30(51-29)15-25(50-31)11-10-24-18-39-35(41-24)28-9-7-13-44(28)37(49)34(21(3)4)42-32(47)19-45/h15-18,20-21,27-28,33-34,45H,6-9,12-14,19H2,1-5H3,(H,39,41)(H,40,46)(H,42,47)/t27?,28-,33-,34-/m0/s1. The van der Waals surface area contributed by atoms with Crippen LogP contribution in [-0.2, 0) is 19.2 Å². The summed E-state index contributed by atoms with van der Waals surface area (Å²) < 4.78 is 2.31. The molecule has 3 aromatic heterocycles. The van der Waals surface area contributed by atoms with Gasteiger partial charge in [0.1, 0.15) is 30.2 Å². The first-order valence-electron chi connectivity index (χ1n) is 17.6. The topological polar surface area (TPSA) is 160 Å². The number of nitrogens with zero attached hydrogens (tertiary/aromatic N) is 4. The molecule has 4 amide bonds. The van der Waals surface area contributed by atoms with Crippen LogP contribution in [0.4, 0.5) is 0 Å². The molecule has 3 aromatic rings. The number of carbonyl (C=O) groups is 4. The third kappa shape index (κ3) is 7.95. The molecule has 270 valence electrons. The molecule has 0 spiro atoms. The first-order valence-corrected chi connectivity index (χ1v) is 19.2. The highest BCUT2D eigenvalue weighted by Crippen LogP contribution is 2.39. The first-order chi connectivity index (χ1) is 24.4. The molecule has 14 heteroatoms. The van der Waals surface area contributed by atoms with E-state index >= 15 is 0 Å². The van der Waals surface area contributed by atoms with Crippen LogP contribution in [-0.4, -0.2) is 92.0 Å². The van der Waals surface area contributed by atoms with Crippen molar-refractivity contribution >= 4 is 67.0 Å². The van der Waals surface area contributed by atoms with E-state index in [-0.39, 0.29) is 41.6 Å². The second-order valence-electron chi connectivity index (χ2n) is 14.1. The molecule has 6 rings (SSSR count). The summed E-state index contributed by atoms with van der Waals surface area (Å²) in [6.07, 6.45) is 7.69. The van der Waals surface area contributed by atoms with Crippen LogP contribution in [0.15, 0.2) is 29.5 Å². The zero-order valence-electron chi connectivity index (χ0n) is 29.6. The van der Waals surface area contributed by atoms with Crippen molar-refractivity contribution in [1.29, 1.82) is 0 Å². The molecule has 3 aliphatic heterocycles. The van der Waals surface area contributed by atoms with Crippen LogP contribution in [0.2, 0.25) is 0 Å². The molecule has 0 aliphatic carbocycles. The van der Waals surface area contributed by atoms with Gasteiger partial charge in [0.25, 0.3) is 0 Å². The van der Waals surface area contributed by atoms with Gasteiger partial charge in [-0.05, 0) is 67.1 Å². The largest absolute Gasteiger partial charge is 0.387 e. The lowest BCUT2D eigenvalue weighted by atomic mass is 9.99. The minimum atomic E-state index is -0.722. The number of aliphatic hydroxyl groups excluding tert-OH is 1. The molecular formula is C37H45N7O5S2. The van der Waals surface area contributed by atoms with Crippen molar-refractivity contribution in [2.75, 3.05) is 19.7 Å². The van der Waals surface area contributed by atoms with Crippen LogP contribution in [0, 0.1) is 23.7 Å². The monoisotopic (exact) mass is 731 g/mol. The van der Waals surface area contributed by atoms with Crippen LogP contribution in [0.25, 0.3) is 15.0 Å². The number of thiophene rings is 2. The number of carbonyl (C=O) groups excluding carboxylic acids is 4. The number of allylic oxidation sites excluding steroid dienone is 1. The van der Waals surface area contributed by atoms with Crippen LogP contribution >= 0.6 is 22.7 Å². The van der Waals surface area contributed by atoms with Crippen molar-refractivity contribution < 1.29 is 24.3 Å². The van der Waals surface area contributed by atoms with Crippen LogP contribution in [0.1, 0.15) is 94.0 Å². The smallest absolute Gasteiger partial charge is 0.246 e. The summed E-state index contributed by atoms with van der Waals surface area (Å²) in [6.45, 7) is 9.67.